The number of hydrogen-bond donors (Lipinski definition) is 0. The maximum atomic E-state index is 13.2. The molecule has 4 rings (SSSR count). The number of ketones is 2. The number of benzene rings is 2. The molecule has 0 saturated heterocycles. The van der Waals surface area contributed by atoms with E-state index < -0.39 is 34.1 Å². The zero-order valence-electron chi connectivity index (χ0n) is 28.0. The molecule has 0 unspecified atom stereocenters. The van der Waals surface area contributed by atoms with E-state index in [0.29, 0.717) is 37.1 Å². The molecule has 10 nitrogen and oxygen atoms in total. The smallest absolute Gasteiger partial charge is 0.300 e. The van der Waals surface area contributed by atoms with E-state index >= 15 is 0 Å². The molecule has 0 radical (unpaired) electrons. The predicted molar refractivity (Wildman–Crippen MR) is 189 cm³/mol. The van der Waals surface area contributed by atoms with Crippen LogP contribution in [0.25, 0.3) is 12.2 Å². The van der Waals surface area contributed by atoms with E-state index in [9.17, 15) is 28.8 Å². The first kappa shape index (κ1) is 35.5. The van der Waals surface area contributed by atoms with Gasteiger partial charge in [0.2, 0.25) is 0 Å². The highest BCUT2D eigenvalue weighted by molar-refractivity contribution is 6.08. The third-order valence-electron chi connectivity index (χ3n) is 8.60. The first-order valence-electron chi connectivity index (χ1n) is 16.2. The van der Waals surface area contributed by atoms with Gasteiger partial charge in [-0.05, 0) is 49.0 Å². The predicted octanol–water partition coefficient (Wildman–Crippen LogP) is 4.40. The summed E-state index contributed by atoms with van der Waals surface area (Å²) in [6.45, 7) is 0. The van der Waals surface area contributed by atoms with Gasteiger partial charge in [0, 0.05) is 39.6 Å². The van der Waals surface area contributed by atoms with Crippen molar-refractivity contribution in [1.29, 1.82) is 0 Å². The van der Waals surface area contributed by atoms with Crippen LogP contribution in [0.4, 0.5) is 0 Å². The fourth-order valence-electron chi connectivity index (χ4n) is 5.78. The molecule has 10 heteroatoms. The quantitative estimate of drug-likeness (QED) is 0.107. The van der Waals surface area contributed by atoms with Gasteiger partial charge in [-0.15, -0.1) is 0 Å². The van der Waals surface area contributed by atoms with Crippen molar-refractivity contribution < 1.29 is 9.59 Å². The first-order chi connectivity index (χ1) is 23.0. The number of unbranched alkanes of at least 4 members (excludes halogenated alkanes) is 5. The molecule has 0 aliphatic carbocycles. The van der Waals surface area contributed by atoms with Crippen LogP contribution in [-0.4, -0.2) is 29.8 Å². The van der Waals surface area contributed by atoms with Gasteiger partial charge < -0.3 is 0 Å². The van der Waals surface area contributed by atoms with Crippen molar-refractivity contribution in [3.05, 3.63) is 148 Å². The zero-order chi connectivity index (χ0) is 34.8. The van der Waals surface area contributed by atoms with Crippen molar-refractivity contribution in [3.63, 3.8) is 0 Å². The van der Waals surface area contributed by atoms with Gasteiger partial charge in [0.15, 0.2) is 11.6 Å². The molecular weight excluding hydrogens is 608 g/mol. The molecule has 0 aliphatic rings. The van der Waals surface area contributed by atoms with Gasteiger partial charge in [-0.3, -0.25) is 37.4 Å². The molecule has 2 heterocycles. The molecule has 48 heavy (non-hydrogen) atoms. The maximum absolute atomic E-state index is 13.2. The zero-order valence-corrected chi connectivity index (χ0v) is 28.0. The van der Waals surface area contributed by atoms with Crippen molar-refractivity contribution in [3.8, 4) is 0 Å². The van der Waals surface area contributed by atoms with Crippen LogP contribution in [0.3, 0.4) is 0 Å². The molecule has 0 atom stereocenters. The summed E-state index contributed by atoms with van der Waals surface area (Å²) in [5.41, 5.74) is 0.373. The minimum absolute atomic E-state index is 0.00959. The Morgan fingerprint density at radius 1 is 0.500 bits per heavy atom. The normalized spacial score (nSPS) is 11.5. The van der Waals surface area contributed by atoms with Crippen LogP contribution >= 0.6 is 0 Å². The average molecular weight is 651 g/mol. The lowest BCUT2D eigenvalue weighted by Crippen LogP contribution is -2.42. The lowest BCUT2D eigenvalue weighted by atomic mass is 10.0. The number of hydrogen-bond acceptors (Lipinski definition) is 6. The Bertz CT molecular complexity index is 1930. The minimum Gasteiger partial charge on any atom is -0.300 e. The number of nitrogens with zero attached hydrogens (tertiary/aromatic N) is 4. The molecule has 4 aromatic rings. The van der Waals surface area contributed by atoms with E-state index in [1.807, 2.05) is 60.7 Å². The second-order valence-electron chi connectivity index (χ2n) is 11.9. The molecular formula is C38H42N4O6. The number of carbonyl (C=O) groups excluding carboxylic acids is 2. The fourth-order valence-corrected chi connectivity index (χ4v) is 5.78. The van der Waals surface area contributed by atoms with Crippen LogP contribution in [0.15, 0.2) is 92.0 Å². The van der Waals surface area contributed by atoms with Gasteiger partial charge in [0.1, 0.15) is 11.1 Å². The summed E-state index contributed by atoms with van der Waals surface area (Å²) in [4.78, 5) is 77.7. The Labute approximate surface area is 278 Å². The van der Waals surface area contributed by atoms with Gasteiger partial charge in [-0.2, -0.15) is 0 Å². The molecule has 0 bridgehead atoms. The Morgan fingerprint density at radius 2 is 0.833 bits per heavy atom. The highest BCUT2D eigenvalue weighted by atomic mass is 16.2. The van der Waals surface area contributed by atoms with Gasteiger partial charge in [-0.1, -0.05) is 98.5 Å². The highest BCUT2D eigenvalue weighted by Crippen LogP contribution is 2.15. The van der Waals surface area contributed by atoms with Crippen LogP contribution < -0.4 is 22.5 Å². The number of allylic oxidation sites excluding steroid dienone is 2. The summed E-state index contributed by atoms with van der Waals surface area (Å²) in [6, 6.07) is 18.6. The molecule has 2 aromatic heterocycles. The molecule has 0 spiro atoms. The standard InChI is InChI=1S/C38H42N4O6/c1-39-29(33(35(45)41(3)37(39)47)31(43)25-23-27-17-11-9-12-18-27)21-15-7-5-6-8-16-22-30-34(36(46)42(4)38(48)40(30)2)32(44)26-24-28-19-13-10-14-20-28/h9-14,17-20,23-26H,5-8,15-16,21-22H2,1-4H3/b25-23+,26-24+. The largest absolute Gasteiger partial charge is 0.330 e. The van der Waals surface area contributed by atoms with Crippen LogP contribution in [0.1, 0.15) is 81.8 Å². The van der Waals surface area contributed by atoms with Crippen LogP contribution in [-0.2, 0) is 41.0 Å². The summed E-state index contributed by atoms with van der Waals surface area (Å²) in [5.74, 6) is -0.882. The van der Waals surface area contributed by atoms with Gasteiger partial charge in [0.25, 0.3) is 11.1 Å². The number of aromatic nitrogens is 4. The molecule has 0 saturated carbocycles. The van der Waals surface area contributed by atoms with E-state index in [1.165, 1.54) is 35.4 Å². The lowest BCUT2D eigenvalue weighted by Gasteiger charge is -2.14. The Morgan fingerprint density at radius 3 is 1.19 bits per heavy atom. The van der Waals surface area contributed by atoms with Gasteiger partial charge in [0.05, 0.1) is 0 Å². The third kappa shape index (κ3) is 8.31. The highest BCUT2D eigenvalue weighted by Gasteiger charge is 2.21. The second-order valence-corrected chi connectivity index (χ2v) is 11.9. The number of carbonyl (C=O) groups is 2. The van der Waals surface area contributed by atoms with Crippen molar-refractivity contribution >= 4 is 23.7 Å². The Hall–Kier alpha value is -5.38. The van der Waals surface area contributed by atoms with E-state index in [-0.39, 0.29) is 11.1 Å². The molecule has 0 fully saturated rings. The van der Waals surface area contributed by atoms with E-state index in [1.54, 1.807) is 26.2 Å². The summed E-state index contributed by atoms with van der Waals surface area (Å²) < 4.78 is 4.69. The summed E-state index contributed by atoms with van der Waals surface area (Å²) in [5, 5.41) is 0. The fraction of sp³-hybridized carbons (Fsp3) is 0.316. The average Bonchev–Trinajstić information content (AvgIpc) is 3.10. The van der Waals surface area contributed by atoms with Gasteiger partial charge >= 0.3 is 11.4 Å². The van der Waals surface area contributed by atoms with Crippen molar-refractivity contribution in [2.24, 2.45) is 28.2 Å². The molecule has 0 aliphatic heterocycles. The molecule has 2 aromatic carbocycles. The Balaban J connectivity index is 1.36. The van der Waals surface area contributed by atoms with Crippen molar-refractivity contribution in [2.45, 2.75) is 51.4 Å². The van der Waals surface area contributed by atoms with E-state index in [2.05, 4.69) is 0 Å². The summed E-state index contributed by atoms with van der Waals surface area (Å²) in [7, 11) is 5.90. The Kier molecular flexibility index (Phi) is 12.2. The molecule has 0 amide bonds. The maximum Gasteiger partial charge on any atom is 0.330 e. The summed E-state index contributed by atoms with van der Waals surface area (Å²) in [6.07, 6.45) is 11.6. The van der Waals surface area contributed by atoms with Crippen LogP contribution in [0, 0.1) is 0 Å². The topological polar surface area (TPSA) is 122 Å². The SMILES string of the molecule is Cn1c(CCCCCCCCc2c(C(=O)/C=C/c3ccccc3)c(=O)n(C)c(=O)n2C)c(C(=O)/C=C/c2ccccc2)c(=O)n(C)c1=O. The van der Waals surface area contributed by atoms with Crippen molar-refractivity contribution in [1.82, 2.24) is 18.3 Å². The number of rotatable bonds is 15. The minimum atomic E-state index is -0.602. The van der Waals surface area contributed by atoms with E-state index in [0.717, 1.165) is 45.9 Å². The molecule has 250 valence electrons. The monoisotopic (exact) mass is 650 g/mol. The van der Waals surface area contributed by atoms with Gasteiger partial charge in [-0.25, -0.2) is 9.59 Å². The lowest BCUT2D eigenvalue weighted by molar-refractivity contribution is 0.103. The molecule has 0 N–H and O–H groups in total. The second kappa shape index (κ2) is 16.4. The third-order valence-corrected chi connectivity index (χ3v) is 8.60. The van der Waals surface area contributed by atoms with E-state index in [4.69, 9.17) is 0 Å². The van der Waals surface area contributed by atoms with Crippen molar-refractivity contribution in [2.75, 3.05) is 0 Å². The summed E-state index contributed by atoms with van der Waals surface area (Å²) >= 11 is 0. The van der Waals surface area contributed by atoms with Crippen LogP contribution in [0.2, 0.25) is 0 Å². The first-order valence-corrected chi connectivity index (χ1v) is 16.2. The van der Waals surface area contributed by atoms with Crippen LogP contribution in [0.5, 0.6) is 0 Å².